The summed E-state index contributed by atoms with van der Waals surface area (Å²) in [4.78, 5) is 16.7. The third-order valence-electron chi connectivity index (χ3n) is 4.25. The second-order valence-corrected chi connectivity index (χ2v) is 6.06. The third-order valence-corrected chi connectivity index (χ3v) is 4.25. The molecule has 0 saturated carbocycles. The Morgan fingerprint density at radius 3 is 2.65 bits per heavy atom. The third kappa shape index (κ3) is 3.35. The SMILES string of the molecule is COc1ccc2ccnc(C(C)NC(=O)c3cc(F)c(C)cc3F)c2c1. The zero-order chi connectivity index (χ0) is 18.8. The second-order valence-electron chi connectivity index (χ2n) is 6.06. The van der Waals surface area contributed by atoms with Crippen molar-refractivity contribution in [2.45, 2.75) is 19.9 Å². The zero-order valence-electron chi connectivity index (χ0n) is 14.6. The van der Waals surface area contributed by atoms with Gasteiger partial charge in [0.25, 0.3) is 5.91 Å². The average Bonchev–Trinajstić information content (AvgIpc) is 2.63. The van der Waals surface area contributed by atoms with Crippen molar-refractivity contribution in [2.24, 2.45) is 0 Å². The molecule has 0 saturated heterocycles. The summed E-state index contributed by atoms with van der Waals surface area (Å²) in [7, 11) is 1.57. The van der Waals surface area contributed by atoms with Gasteiger partial charge >= 0.3 is 0 Å². The smallest absolute Gasteiger partial charge is 0.254 e. The van der Waals surface area contributed by atoms with Crippen LogP contribution < -0.4 is 10.1 Å². The van der Waals surface area contributed by atoms with Crippen LogP contribution in [0.25, 0.3) is 10.8 Å². The van der Waals surface area contributed by atoms with E-state index in [1.807, 2.05) is 24.3 Å². The van der Waals surface area contributed by atoms with Crippen LogP contribution in [0.1, 0.15) is 34.6 Å². The van der Waals surface area contributed by atoms with Crippen molar-refractivity contribution >= 4 is 16.7 Å². The summed E-state index contributed by atoms with van der Waals surface area (Å²) >= 11 is 0. The lowest BCUT2D eigenvalue weighted by Gasteiger charge is -2.16. The number of ether oxygens (including phenoxy) is 1. The minimum Gasteiger partial charge on any atom is -0.497 e. The van der Waals surface area contributed by atoms with Gasteiger partial charge in [-0.25, -0.2) is 8.78 Å². The molecule has 6 heteroatoms. The van der Waals surface area contributed by atoms with Crippen LogP contribution in [0.2, 0.25) is 0 Å². The van der Waals surface area contributed by atoms with E-state index in [4.69, 9.17) is 4.74 Å². The molecule has 3 aromatic rings. The van der Waals surface area contributed by atoms with Crippen LogP contribution in [0.3, 0.4) is 0 Å². The lowest BCUT2D eigenvalue weighted by atomic mass is 10.0. The van der Waals surface area contributed by atoms with E-state index in [2.05, 4.69) is 10.3 Å². The van der Waals surface area contributed by atoms with Crippen LogP contribution >= 0.6 is 0 Å². The Balaban J connectivity index is 1.93. The number of halogens is 2. The van der Waals surface area contributed by atoms with Gasteiger partial charge in [-0.3, -0.25) is 9.78 Å². The monoisotopic (exact) mass is 356 g/mol. The predicted molar refractivity (Wildman–Crippen MR) is 95.3 cm³/mol. The number of nitrogens with zero attached hydrogens (tertiary/aromatic N) is 1. The molecule has 0 aliphatic heterocycles. The molecule has 1 amide bonds. The summed E-state index contributed by atoms with van der Waals surface area (Å²) in [5.41, 5.74) is 0.426. The van der Waals surface area contributed by atoms with E-state index in [1.54, 1.807) is 20.2 Å². The maximum Gasteiger partial charge on any atom is 0.254 e. The highest BCUT2D eigenvalue weighted by molar-refractivity contribution is 5.95. The fourth-order valence-corrected chi connectivity index (χ4v) is 2.81. The lowest BCUT2D eigenvalue weighted by molar-refractivity contribution is 0.0935. The largest absolute Gasteiger partial charge is 0.497 e. The highest BCUT2D eigenvalue weighted by Crippen LogP contribution is 2.26. The number of aromatic nitrogens is 1. The Morgan fingerprint density at radius 2 is 1.92 bits per heavy atom. The first-order chi connectivity index (χ1) is 12.4. The molecule has 1 aromatic heterocycles. The van der Waals surface area contributed by atoms with E-state index in [-0.39, 0.29) is 11.1 Å². The predicted octanol–water partition coefficient (Wildman–Crippen LogP) is 4.32. The summed E-state index contributed by atoms with van der Waals surface area (Å²) < 4.78 is 33.0. The Labute approximate surface area is 149 Å². The number of benzene rings is 2. The summed E-state index contributed by atoms with van der Waals surface area (Å²) in [5, 5.41) is 4.43. The van der Waals surface area contributed by atoms with E-state index in [1.165, 1.54) is 6.92 Å². The molecule has 134 valence electrons. The number of pyridine rings is 1. The molecule has 0 aliphatic carbocycles. The van der Waals surface area contributed by atoms with Crippen LogP contribution in [0, 0.1) is 18.6 Å². The maximum atomic E-state index is 14.0. The van der Waals surface area contributed by atoms with Crippen molar-refractivity contribution in [3.63, 3.8) is 0 Å². The van der Waals surface area contributed by atoms with Gasteiger partial charge < -0.3 is 10.1 Å². The van der Waals surface area contributed by atoms with E-state index < -0.39 is 23.6 Å². The van der Waals surface area contributed by atoms with Crippen molar-refractivity contribution in [1.29, 1.82) is 0 Å². The van der Waals surface area contributed by atoms with Crippen LogP contribution in [-0.4, -0.2) is 18.0 Å². The Bertz CT molecular complexity index is 989. The maximum absolute atomic E-state index is 14.0. The van der Waals surface area contributed by atoms with Crippen molar-refractivity contribution in [3.05, 3.63) is 71.1 Å². The van der Waals surface area contributed by atoms with Gasteiger partial charge in [-0.1, -0.05) is 6.07 Å². The number of rotatable bonds is 4. The van der Waals surface area contributed by atoms with Gasteiger partial charge in [0.05, 0.1) is 24.4 Å². The number of methoxy groups -OCH3 is 1. The second kappa shape index (κ2) is 7.07. The standard InChI is InChI=1S/C20H18F2N2O2/c1-11-8-18(22)16(10-17(11)21)20(25)24-12(2)19-15-9-14(26-3)5-4-13(15)6-7-23-19/h4-10,12H,1-3H3,(H,24,25). The topological polar surface area (TPSA) is 51.2 Å². The summed E-state index contributed by atoms with van der Waals surface area (Å²) in [5.74, 6) is -1.43. The molecule has 4 nitrogen and oxygen atoms in total. The minimum absolute atomic E-state index is 0.148. The molecular formula is C20H18F2N2O2. The zero-order valence-corrected chi connectivity index (χ0v) is 14.6. The molecule has 1 heterocycles. The van der Waals surface area contributed by atoms with E-state index in [0.717, 1.165) is 22.9 Å². The lowest BCUT2D eigenvalue weighted by Crippen LogP contribution is -2.28. The van der Waals surface area contributed by atoms with Gasteiger partial charge in [-0.15, -0.1) is 0 Å². The minimum atomic E-state index is -0.763. The van der Waals surface area contributed by atoms with Crippen molar-refractivity contribution in [3.8, 4) is 5.75 Å². The highest BCUT2D eigenvalue weighted by Gasteiger charge is 2.19. The molecule has 1 atom stereocenters. The summed E-state index contributed by atoms with van der Waals surface area (Å²) in [6.45, 7) is 3.18. The Hall–Kier alpha value is -3.02. The van der Waals surface area contributed by atoms with Crippen molar-refractivity contribution in [1.82, 2.24) is 10.3 Å². The molecule has 1 N–H and O–H groups in total. The first-order valence-corrected chi connectivity index (χ1v) is 8.10. The number of hydrogen-bond acceptors (Lipinski definition) is 3. The van der Waals surface area contributed by atoms with Gasteiger partial charge in [0.1, 0.15) is 17.4 Å². The molecule has 0 aliphatic rings. The number of aryl methyl sites for hydroxylation is 1. The van der Waals surface area contributed by atoms with Gasteiger partial charge in [0.15, 0.2) is 0 Å². The molecule has 0 radical (unpaired) electrons. The van der Waals surface area contributed by atoms with Crippen LogP contribution in [0.4, 0.5) is 8.78 Å². The van der Waals surface area contributed by atoms with Gasteiger partial charge in [0, 0.05) is 11.6 Å². The van der Waals surface area contributed by atoms with Gasteiger partial charge in [-0.2, -0.15) is 0 Å². The van der Waals surface area contributed by atoms with Gasteiger partial charge in [-0.05, 0) is 55.1 Å². The number of fused-ring (bicyclic) bond motifs is 1. The number of hydrogen-bond donors (Lipinski definition) is 1. The van der Waals surface area contributed by atoms with E-state index >= 15 is 0 Å². The average molecular weight is 356 g/mol. The number of carbonyl (C=O) groups is 1. The fraction of sp³-hybridized carbons (Fsp3) is 0.200. The molecule has 0 bridgehead atoms. The Kier molecular flexibility index (Phi) is 4.84. The molecule has 0 fully saturated rings. The molecule has 3 rings (SSSR count). The molecule has 1 unspecified atom stereocenters. The molecule has 0 spiro atoms. The van der Waals surface area contributed by atoms with Crippen molar-refractivity contribution in [2.75, 3.05) is 7.11 Å². The van der Waals surface area contributed by atoms with Gasteiger partial charge in [0.2, 0.25) is 0 Å². The normalized spacial score (nSPS) is 12.0. The first-order valence-electron chi connectivity index (χ1n) is 8.10. The first kappa shape index (κ1) is 17.8. The highest BCUT2D eigenvalue weighted by atomic mass is 19.1. The summed E-state index contributed by atoms with van der Waals surface area (Å²) in [6, 6.07) is 8.81. The Morgan fingerprint density at radius 1 is 1.15 bits per heavy atom. The fourth-order valence-electron chi connectivity index (χ4n) is 2.81. The van der Waals surface area contributed by atoms with Crippen molar-refractivity contribution < 1.29 is 18.3 Å². The molecule has 26 heavy (non-hydrogen) atoms. The quantitative estimate of drug-likeness (QED) is 0.757. The molecular weight excluding hydrogens is 338 g/mol. The van der Waals surface area contributed by atoms with Crippen LogP contribution in [0.5, 0.6) is 5.75 Å². The number of amides is 1. The van der Waals surface area contributed by atoms with E-state index in [0.29, 0.717) is 11.4 Å². The van der Waals surface area contributed by atoms with Crippen LogP contribution in [-0.2, 0) is 0 Å². The van der Waals surface area contributed by atoms with E-state index in [9.17, 15) is 13.6 Å². The summed E-state index contributed by atoms with van der Waals surface area (Å²) in [6.07, 6.45) is 1.64. The van der Waals surface area contributed by atoms with Crippen LogP contribution in [0.15, 0.2) is 42.6 Å². The number of nitrogens with one attached hydrogen (secondary N) is 1. The molecule has 2 aromatic carbocycles. The number of carbonyl (C=O) groups excluding carboxylic acids is 1.